The third-order valence-corrected chi connectivity index (χ3v) is 2.22. The molecule has 1 aromatic carbocycles. The molecule has 0 saturated carbocycles. The van der Waals surface area contributed by atoms with Gasteiger partial charge in [-0.3, -0.25) is 0 Å². The zero-order valence-electron chi connectivity index (χ0n) is 7.83. The van der Waals surface area contributed by atoms with Gasteiger partial charge in [0, 0.05) is 18.2 Å². The number of hydrogen-bond acceptors (Lipinski definition) is 3. The molecule has 0 radical (unpaired) electrons. The topological polar surface area (TPSA) is 40.4 Å². The van der Waals surface area contributed by atoms with Gasteiger partial charge in [0.15, 0.2) is 0 Å². The lowest BCUT2D eigenvalue weighted by atomic mass is 10.1. The molecule has 0 amide bonds. The summed E-state index contributed by atoms with van der Waals surface area (Å²) in [6.07, 6.45) is 0. The summed E-state index contributed by atoms with van der Waals surface area (Å²) in [4.78, 5) is 0. The van der Waals surface area contributed by atoms with Gasteiger partial charge in [0.25, 0.3) is 0 Å². The van der Waals surface area contributed by atoms with Gasteiger partial charge in [0.2, 0.25) is 0 Å². The van der Waals surface area contributed by atoms with Crippen LogP contribution >= 0.6 is 0 Å². The van der Waals surface area contributed by atoms with Gasteiger partial charge in [-0.1, -0.05) is 0 Å². The molecule has 2 rings (SSSR count). The molecule has 1 fully saturated rings. The summed E-state index contributed by atoms with van der Waals surface area (Å²) in [5.41, 5.74) is 1.18. The maximum absolute atomic E-state index is 5.25. The molecule has 1 saturated heterocycles. The molecule has 1 heterocycles. The van der Waals surface area contributed by atoms with Crippen molar-refractivity contribution < 1.29 is 9.47 Å². The van der Waals surface area contributed by atoms with E-state index in [-0.39, 0.29) is 0 Å². The average Bonchev–Trinajstić information content (AvgIpc) is 3.00. The standard InChI is InChI=1S/C10H13NO2/c1-12-7-3-4-10(13-2)8(5-7)9-6-11-9/h3-5,9,11H,6H2,1-2H3. The first-order chi connectivity index (χ1) is 6.35. The first-order valence-electron chi connectivity index (χ1n) is 4.30. The Balaban J connectivity index is 2.35. The molecule has 13 heavy (non-hydrogen) atoms. The van der Waals surface area contributed by atoms with Crippen LogP contribution in [0.1, 0.15) is 11.6 Å². The summed E-state index contributed by atoms with van der Waals surface area (Å²) in [6, 6.07) is 6.31. The fraction of sp³-hybridized carbons (Fsp3) is 0.400. The van der Waals surface area contributed by atoms with Gasteiger partial charge in [0.05, 0.1) is 14.2 Å². The summed E-state index contributed by atoms with van der Waals surface area (Å²) in [5, 5.41) is 3.24. The van der Waals surface area contributed by atoms with Crippen LogP contribution < -0.4 is 14.8 Å². The summed E-state index contributed by atoms with van der Waals surface area (Å²) in [7, 11) is 3.36. The Morgan fingerprint density at radius 1 is 1.31 bits per heavy atom. The first kappa shape index (κ1) is 8.38. The SMILES string of the molecule is COc1ccc(OC)c(C2CN2)c1. The van der Waals surface area contributed by atoms with Gasteiger partial charge in [-0.15, -0.1) is 0 Å². The van der Waals surface area contributed by atoms with Crippen LogP contribution in [0.2, 0.25) is 0 Å². The lowest BCUT2D eigenvalue weighted by molar-refractivity contribution is 0.398. The predicted octanol–water partition coefficient (Wildman–Crippen LogP) is 1.35. The lowest BCUT2D eigenvalue weighted by Crippen LogP contribution is -1.93. The van der Waals surface area contributed by atoms with E-state index >= 15 is 0 Å². The smallest absolute Gasteiger partial charge is 0.123 e. The molecule has 3 heteroatoms. The molecule has 1 aliphatic heterocycles. The zero-order valence-corrected chi connectivity index (χ0v) is 7.83. The van der Waals surface area contributed by atoms with Crippen molar-refractivity contribution in [3.05, 3.63) is 23.8 Å². The number of hydrogen-bond donors (Lipinski definition) is 1. The summed E-state index contributed by atoms with van der Waals surface area (Å²) in [5.74, 6) is 1.81. The third-order valence-electron chi connectivity index (χ3n) is 2.22. The van der Waals surface area contributed by atoms with Gasteiger partial charge in [-0.2, -0.15) is 0 Å². The maximum atomic E-state index is 5.25. The van der Waals surface area contributed by atoms with Gasteiger partial charge >= 0.3 is 0 Å². The number of ether oxygens (including phenoxy) is 2. The Morgan fingerprint density at radius 2 is 2.08 bits per heavy atom. The van der Waals surface area contributed by atoms with Gasteiger partial charge in [-0.05, 0) is 18.2 Å². The normalized spacial score (nSPS) is 19.7. The van der Waals surface area contributed by atoms with Crippen LogP contribution in [0.3, 0.4) is 0 Å². The highest BCUT2D eigenvalue weighted by Crippen LogP contribution is 2.33. The van der Waals surface area contributed by atoms with Crippen molar-refractivity contribution in [3.8, 4) is 11.5 Å². The number of methoxy groups -OCH3 is 2. The van der Waals surface area contributed by atoms with Crippen molar-refractivity contribution >= 4 is 0 Å². The highest BCUT2D eigenvalue weighted by Gasteiger charge is 2.25. The molecule has 0 spiro atoms. The molecule has 1 unspecified atom stereocenters. The molecule has 3 nitrogen and oxygen atoms in total. The summed E-state index contributed by atoms with van der Waals surface area (Å²) in [6.45, 7) is 1.03. The van der Waals surface area contributed by atoms with Crippen molar-refractivity contribution in [2.45, 2.75) is 6.04 Å². The lowest BCUT2D eigenvalue weighted by Gasteiger charge is -2.08. The predicted molar refractivity (Wildman–Crippen MR) is 50.3 cm³/mol. The monoisotopic (exact) mass is 179 g/mol. The molecule has 0 bridgehead atoms. The van der Waals surface area contributed by atoms with E-state index in [1.54, 1.807) is 14.2 Å². The number of nitrogens with one attached hydrogen (secondary N) is 1. The molecule has 70 valence electrons. The molecular formula is C10H13NO2. The Morgan fingerprint density at radius 3 is 2.62 bits per heavy atom. The zero-order chi connectivity index (χ0) is 9.26. The minimum atomic E-state index is 0.449. The van der Waals surface area contributed by atoms with Crippen LogP contribution in [0.15, 0.2) is 18.2 Å². The molecule has 1 atom stereocenters. The van der Waals surface area contributed by atoms with E-state index in [1.807, 2.05) is 18.2 Å². The van der Waals surface area contributed by atoms with Crippen molar-refractivity contribution in [1.82, 2.24) is 5.32 Å². The molecule has 1 N–H and O–H groups in total. The van der Waals surface area contributed by atoms with Gasteiger partial charge in [-0.25, -0.2) is 0 Å². The largest absolute Gasteiger partial charge is 0.497 e. The van der Waals surface area contributed by atoms with Gasteiger partial charge in [0.1, 0.15) is 11.5 Å². The highest BCUT2D eigenvalue weighted by atomic mass is 16.5. The minimum absolute atomic E-state index is 0.449. The van der Waals surface area contributed by atoms with Crippen LogP contribution in [0.4, 0.5) is 0 Å². The van der Waals surface area contributed by atoms with E-state index in [0.717, 1.165) is 18.0 Å². The summed E-state index contributed by atoms with van der Waals surface area (Å²) < 4.78 is 10.4. The molecule has 1 aromatic rings. The number of rotatable bonds is 3. The first-order valence-corrected chi connectivity index (χ1v) is 4.30. The van der Waals surface area contributed by atoms with Crippen molar-refractivity contribution in [3.63, 3.8) is 0 Å². The average molecular weight is 179 g/mol. The molecule has 0 aromatic heterocycles. The van der Waals surface area contributed by atoms with Crippen LogP contribution in [-0.2, 0) is 0 Å². The fourth-order valence-corrected chi connectivity index (χ4v) is 1.39. The second-order valence-corrected chi connectivity index (χ2v) is 3.07. The van der Waals surface area contributed by atoms with E-state index in [0.29, 0.717) is 6.04 Å². The highest BCUT2D eigenvalue weighted by molar-refractivity contribution is 5.44. The van der Waals surface area contributed by atoms with Crippen molar-refractivity contribution in [2.75, 3.05) is 20.8 Å². The fourth-order valence-electron chi connectivity index (χ4n) is 1.39. The van der Waals surface area contributed by atoms with Crippen LogP contribution in [0.5, 0.6) is 11.5 Å². The Labute approximate surface area is 77.7 Å². The van der Waals surface area contributed by atoms with Crippen molar-refractivity contribution in [2.24, 2.45) is 0 Å². The maximum Gasteiger partial charge on any atom is 0.123 e. The molecule has 1 aliphatic rings. The Hall–Kier alpha value is -1.22. The Kier molecular flexibility index (Phi) is 2.10. The van der Waals surface area contributed by atoms with Crippen molar-refractivity contribution in [1.29, 1.82) is 0 Å². The second kappa shape index (κ2) is 3.26. The van der Waals surface area contributed by atoms with E-state index in [4.69, 9.17) is 9.47 Å². The van der Waals surface area contributed by atoms with Gasteiger partial charge < -0.3 is 14.8 Å². The van der Waals surface area contributed by atoms with Crippen LogP contribution in [-0.4, -0.2) is 20.8 Å². The summed E-state index contributed by atoms with van der Waals surface area (Å²) >= 11 is 0. The van der Waals surface area contributed by atoms with Crippen LogP contribution in [0, 0.1) is 0 Å². The third kappa shape index (κ3) is 1.60. The number of benzene rings is 1. The van der Waals surface area contributed by atoms with E-state index < -0.39 is 0 Å². The quantitative estimate of drug-likeness (QED) is 0.712. The Bertz CT molecular complexity index is 308. The molecular weight excluding hydrogens is 166 g/mol. The molecule has 0 aliphatic carbocycles. The van der Waals surface area contributed by atoms with E-state index in [9.17, 15) is 0 Å². The van der Waals surface area contributed by atoms with Crippen LogP contribution in [0.25, 0.3) is 0 Å². The second-order valence-electron chi connectivity index (χ2n) is 3.07. The van der Waals surface area contributed by atoms with E-state index in [2.05, 4.69) is 5.32 Å². The minimum Gasteiger partial charge on any atom is -0.497 e. The van der Waals surface area contributed by atoms with E-state index in [1.165, 1.54) is 5.56 Å².